The second-order valence-corrected chi connectivity index (χ2v) is 9.03. The fourth-order valence-corrected chi connectivity index (χ4v) is 5.84. The van der Waals surface area contributed by atoms with Crippen molar-refractivity contribution >= 4 is 18.6 Å². The summed E-state index contributed by atoms with van der Waals surface area (Å²) in [6.45, 7) is 8.51. The van der Waals surface area contributed by atoms with Gasteiger partial charge in [-0.1, -0.05) is 6.21 Å². The second kappa shape index (κ2) is 10.4. The maximum Gasteiger partial charge on any atom is 1.00 e. The van der Waals surface area contributed by atoms with Crippen LogP contribution >= 0.6 is 0 Å². The van der Waals surface area contributed by atoms with E-state index in [2.05, 4.69) is 43.0 Å². The minimum atomic E-state index is -0.572. The fraction of sp³-hybridized carbons (Fsp3) is 0.682. The molecule has 0 spiro atoms. The van der Waals surface area contributed by atoms with Crippen LogP contribution in [0.3, 0.4) is 0 Å². The number of ether oxygens (including phenoxy) is 1. The van der Waals surface area contributed by atoms with E-state index in [1.165, 1.54) is 25.7 Å². The first-order valence-corrected chi connectivity index (χ1v) is 11.1. The number of rotatable bonds is 6. The molecule has 4 fully saturated rings. The number of hydrogen-bond acceptors (Lipinski definition) is 7. The Labute approximate surface area is 232 Å². The van der Waals surface area contributed by atoms with Crippen LogP contribution in [0.15, 0.2) is 32.2 Å². The maximum atomic E-state index is 14.6. The first kappa shape index (κ1) is 24.0. The Kier molecular flexibility index (Phi) is 8.10. The average molecular weight is 499 g/mol. The number of halogens is 1. The monoisotopic (exact) mass is 498 g/mol. The predicted octanol–water partition coefficient (Wildman–Crippen LogP) is -0.919. The molecule has 0 aromatic carbocycles. The van der Waals surface area contributed by atoms with Crippen molar-refractivity contribution in [1.29, 1.82) is 0 Å². The number of aliphatic imine (C=N–C) groups is 3. The van der Waals surface area contributed by atoms with E-state index in [4.69, 9.17) is 4.74 Å². The standard InChI is InChI=1S/C22H30FN6O.Rb/c1-24-21(28-12-16-4-5-17(13-28)27-16)18-10-25-11-19(23)20(18)26-15-30-14-22-6-2-8-29(22)9-3-7-22;/h10,16-17,27H,1-9,12-15H2;/q-1;+1/b21-18+,26-20+;. The van der Waals surface area contributed by atoms with Crippen molar-refractivity contribution in [2.75, 3.05) is 39.5 Å². The summed E-state index contributed by atoms with van der Waals surface area (Å²) in [7, 11) is 0. The topological polar surface area (TPSA) is 64.8 Å². The first-order valence-electron chi connectivity index (χ1n) is 11.1. The van der Waals surface area contributed by atoms with Gasteiger partial charge in [-0.3, -0.25) is 4.90 Å². The van der Waals surface area contributed by atoms with E-state index in [9.17, 15) is 4.39 Å². The van der Waals surface area contributed by atoms with Gasteiger partial charge in [-0.05, 0) is 75.8 Å². The Balaban J connectivity index is 0.00000231. The molecule has 5 heterocycles. The van der Waals surface area contributed by atoms with Gasteiger partial charge in [0.2, 0.25) is 0 Å². The van der Waals surface area contributed by atoms with Crippen LogP contribution in [-0.4, -0.2) is 85.6 Å². The van der Waals surface area contributed by atoms with E-state index in [-0.39, 0.29) is 76.2 Å². The van der Waals surface area contributed by atoms with Crippen LogP contribution in [0.1, 0.15) is 38.5 Å². The Morgan fingerprint density at radius 1 is 1.29 bits per heavy atom. The minimum Gasteiger partial charge on any atom is -0.390 e. The molecule has 7 nitrogen and oxygen atoms in total. The van der Waals surface area contributed by atoms with E-state index >= 15 is 0 Å². The van der Waals surface area contributed by atoms with Gasteiger partial charge in [0.25, 0.3) is 0 Å². The summed E-state index contributed by atoms with van der Waals surface area (Å²) in [5.41, 5.74) is 0.944. The summed E-state index contributed by atoms with van der Waals surface area (Å²) in [5, 5.41) is 3.60. The third-order valence-corrected chi connectivity index (χ3v) is 7.22. The molecule has 2 atom stereocenters. The molecule has 5 aliphatic heterocycles. The molecule has 31 heavy (non-hydrogen) atoms. The molecule has 0 radical (unpaired) electrons. The molecular weight excluding hydrogens is 469 g/mol. The number of fused-ring (bicyclic) bond motifs is 3. The van der Waals surface area contributed by atoms with Crippen LogP contribution in [0, 0.1) is 6.20 Å². The smallest absolute Gasteiger partial charge is 0.390 e. The summed E-state index contributed by atoms with van der Waals surface area (Å²) in [5.74, 6) is 0.0702. The Hall–Kier alpha value is -0.0948. The van der Waals surface area contributed by atoms with Gasteiger partial charge < -0.3 is 24.9 Å². The Morgan fingerprint density at radius 2 is 2.00 bits per heavy atom. The van der Waals surface area contributed by atoms with Gasteiger partial charge in [-0.25, -0.2) is 9.38 Å². The molecule has 0 aliphatic carbocycles. The Bertz CT molecular complexity index is 803. The minimum absolute atomic E-state index is 0. The van der Waals surface area contributed by atoms with E-state index < -0.39 is 5.83 Å². The van der Waals surface area contributed by atoms with E-state index in [1.54, 1.807) is 6.21 Å². The van der Waals surface area contributed by atoms with Crippen molar-refractivity contribution in [2.24, 2.45) is 15.0 Å². The SMILES string of the molecule is C=N/C(=C1/C=N[C-]=C(F)/C1=N/COCC12CCCN1CCC2)N1CC2CCC(C1)N2.[Rb+]. The van der Waals surface area contributed by atoms with Gasteiger partial charge in [0.15, 0.2) is 0 Å². The van der Waals surface area contributed by atoms with Crippen LogP contribution < -0.4 is 63.5 Å². The molecule has 5 aliphatic rings. The van der Waals surface area contributed by atoms with Gasteiger partial charge in [-0.15, -0.1) is 0 Å². The van der Waals surface area contributed by atoms with Gasteiger partial charge >= 0.3 is 58.2 Å². The summed E-state index contributed by atoms with van der Waals surface area (Å²) in [6.07, 6.45) is 11.1. The van der Waals surface area contributed by atoms with Gasteiger partial charge in [0, 0.05) is 30.7 Å². The molecule has 4 saturated heterocycles. The van der Waals surface area contributed by atoms with E-state index in [0.717, 1.165) is 39.0 Å². The normalized spacial score (nSPS) is 32.1. The molecular formula is C22H30FN6ORb. The van der Waals surface area contributed by atoms with Crippen molar-refractivity contribution in [3.8, 4) is 0 Å². The molecule has 0 amide bonds. The van der Waals surface area contributed by atoms with Crippen molar-refractivity contribution in [2.45, 2.75) is 56.1 Å². The van der Waals surface area contributed by atoms with Crippen LogP contribution in [0.25, 0.3) is 0 Å². The molecule has 2 unspecified atom stereocenters. The molecule has 0 aromatic heterocycles. The van der Waals surface area contributed by atoms with Crippen LogP contribution in [0.4, 0.5) is 4.39 Å². The molecule has 162 valence electrons. The largest absolute Gasteiger partial charge is 1.00 e. The van der Waals surface area contributed by atoms with Crippen molar-refractivity contribution in [3.63, 3.8) is 0 Å². The molecule has 0 aromatic rings. The molecule has 0 saturated carbocycles. The van der Waals surface area contributed by atoms with Crippen LogP contribution in [-0.2, 0) is 4.74 Å². The van der Waals surface area contributed by atoms with Crippen molar-refractivity contribution in [1.82, 2.24) is 15.1 Å². The number of hydrogen-bond donors (Lipinski definition) is 1. The van der Waals surface area contributed by atoms with Crippen molar-refractivity contribution < 1.29 is 67.3 Å². The fourth-order valence-electron chi connectivity index (χ4n) is 5.84. The number of nitrogens with one attached hydrogen (secondary N) is 1. The average Bonchev–Trinajstić information content (AvgIpc) is 3.41. The van der Waals surface area contributed by atoms with E-state index in [1.807, 2.05) is 0 Å². The first-order chi connectivity index (χ1) is 14.7. The maximum absolute atomic E-state index is 14.6. The number of likely N-dealkylation sites (tertiary alicyclic amines) is 1. The van der Waals surface area contributed by atoms with Gasteiger partial charge in [0.05, 0.1) is 12.4 Å². The summed E-state index contributed by atoms with van der Waals surface area (Å²) >= 11 is 0. The summed E-state index contributed by atoms with van der Waals surface area (Å²) in [6, 6.07) is 0.884. The van der Waals surface area contributed by atoms with Crippen LogP contribution in [0.5, 0.6) is 0 Å². The zero-order chi connectivity index (χ0) is 20.6. The molecule has 2 bridgehead atoms. The third kappa shape index (κ3) is 4.90. The second-order valence-electron chi connectivity index (χ2n) is 9.03. The van der Waals surface area contributed by atoms with Gasteiger partial charge in [-0.2, -0.15) is 0 Å². The third-order valence-electron chi connectivity index (χ3n) is 7.22. The molecule has 1 N–H and O–H groups in total. The zero-order valence-corrected chi connectivity index (χ0v) is 23.4. The number of allylic oxidation sites excluding steroid dienone is 2. The summed E-state index contributed by atoms with van der Waals surface area (Å²) < 4.78 is 20.6. The Morgan fingerprint density at radius 3 is 2.68 bits per heavy atom. The molecule has 9 heteroatoms. The zero-order valence-electron chi connectivity index (χ0n) is 18.4. The quantitative estimate of drug-likeness (QED) is 0.292. The summed E-state index contributed by atoms with van der Waals surface area (Å²) in [4.78, 5) is 17.4. The van der Waals surface area contributed by atoms with Gasteiger partial charge in [0.1, 0.15) is 12.6 Å². The molecule has 5 rings (SSSR count). The number of piperazine rings is 1. The van der Waals surface area contributed by atoms with Crippen LogP contribution in [0.2, 0.25) is 0 Å². The predicted molar refractivity (Wildman–Crippen MR) is 115 cm³/mol. The van der Waals surface area contributed by atoms with Crippen molar-refractivity contribution in [3.05, 3.63) is 23.4 Å². The number of nitrogens with zero attached hydrogens (tertiary/aromatic N) is 5. The van der Waals surface area contributed by atoms with E-state index in [0.29, 0.717) is 30.1 Å².